The van der Waals surface area contributed by atoms with E-state index in [0.29, 0.717) is 5.92 Å². The Morgan fingerprint density at radius 3 is 3.07 bits per heavy atom. The molecule has 1 N–H and O–H groups in total. The normalized spacial score (nSPS) is 16.5. The van der Waals surface area contributed by atoms with Gasteiger partial charge in [-0.25, -0.2) is 0 Å². The highest BCUT2D eigenvalue weighted by atomic mass is 15.1. The van der Waals surface area contributed by atoms with Crippen LogP contribution in [0.3, 0.4) is 0 Å². The molecule has 2 nitrogen and oxygen atoms in total. The van der Waals surface area contributed by atoms with E-state index >= 15 is 0 Å². The van der Waals surface area contributed by atoms with Gasteiger partial charge in [-0.3, -0.25) is 5.10 Å². The number of aromatic amines is 1. The van der Waals surface area contributed by atoms with Crippen molar-refractivity contribution in [1.82, 2.24) is 10.2 Å². The summed E-state index contributed by atoms with van der Waals surface area (Å²) >= 11 is 0. The number of aromatic nitrogens is 2. The Hall–Kier alpha value is -1.31. The Morgan fingerprint density at radius 1 is 1.60 bits per heavy atom. The molecule has 1 heterocycles. The van der Waals surface area contributed by atoms with E-state index in [0.717, 1.165) is 10.6 Å². The van der Waals surface area contributed by atoms with Gasteiger partial charge in [-0.2, -0.15) is 5.10 Å². The van der Waals surface area contributed by atoms with Crippen molar-refractivity contribution in [3.05, 3.63) is 28.9 Å². The predicted molar refractivity (Wildman–Crippen MR) is 67.8 cm³/mol. The first-order valence-corrected chi connectivity index (χ1v) is 5.62. The smallest absolute Gasteiger partial charge is 0.0607 e. The first-order chi connectivity index (χ1) is 7.27. The van der Waals surface area contributed by atoms with E-state index in [1.165, 1.54) is 12.8 Å². The maximum absolute atomic E-state index is 4.01. The first-order valence-electron chi connectivity index (χ1n) is 5.62. The summed E-state index contributed by atoms with van der Waals surface area (Å²) in [5.41, 5.74) is 0. The number of nitrogens with zero attached hydrogens (tertiary/aromatic N) is 1. The maximum atomic E-state index is 4.01. The summed E-state index contributed by atoms with van der Waals surface area (Å²) < 4.78 is 0. The summed E-state index contributed by atoms with van der Waals surface area (Å²) in [7, 11) is 0. The molecule has 1 rings (SSSR count). The van der Waals surface area contributed by atoms with Crippen LogP contribution < -0.4 is 10.6 Å². The van der Waals surface area contributed by atoms with Gasteiger partial charge in [-0.15, -0.1) is 0 Å². The summed E-state index contributed by atoms with van der Waals surface area (Å²) in [5.74, 6) is 0.659. The number of hydrogen-bond acceptors (Lipinski definition) is 1. The Morgan fingerprint density at radius 2 is 2.40 bits per heavy atom. The van der Waals surface area contributed by atoms with Crippen molar-refractivity contribution < 1.29 is 1.43 Å². The summed E-state index contributed by atoms with van der Waals surface area (Å²) in [6.45, 7) is 6.47. The monoisotopic (exact) mass is 206 g/mol. The predicted octanol–water partition coefficient (Wildman–Crippen LogP) is 2.23. The van der Waals surface area contributed by atoms with Crippen molar-refractivity contribution in [3.63, 3.8) is 0 Å². The van der Waals surface area contributed by atoms with Crippen molar-refractivity contribution in [2.24, 2.45) is 5.92 Å². The second-order valence-electron chi connectivity index (χ2n) is 3.85. The lowest BCUT2D eigenvalue weighted by molar-refractivity contribution is 0.634. The summed E-state index contributed by atoms with van der Waals surface area (Å²) in [6.07, 6.45) is 12.8. The zero-order valence-electron chi connectivity index (χ0n) is 9.83. The second-order valence-corrected chi connectivity index (χ2v) is 3.85. The fourth-order valence-corrected chi connectivity index (χ4v) is 1.57. The molecule has 0 saturated carbocycles. The second kappa shape index (κ2) is 6.23. The SMILES string of the molecule is C/C=c1/[nH]nc/c1=C/C=C/C(C)CCC.[HH]. The fourth-order valence-electron chi connectivity index (χ4n) is 1.57. The molecule has 84 valence electrons. The molecule has 1 unspecified atom stereocenters. The third-order valence-corrected chi connectivity index (χ3v) is 2.45. The molecule has 1 atom stereocenters. The van der Waals surface area contributed by atoms with Gasteiger partial charge < -0.3 is 0 Å². The topological polar surface area (TPSA) is 28.7 Å². The lowest BCUT2D eigenvalue weighted by Gasteiger charge is -2.00. The molecular formula is C13H22N2. The number of nitrogens with one attached hydrogen (secondary N) is 1. The van der Waals surface area contributed by atoms with Crippen LogP contribution in [0.5, 0.6) is 0 Å². The van der Waals surface area contributed by atoms with E-state index < -0.39 is 0 Å². The number of allylic oxidation sites excluding steroid dienone is 2. The molecule has 15 heavy (non-hydrogen) atoms. The Kier molecular flexibility index (Phi) is 4.88. The van der Waals surface area contributed by atoms with E-state index in [1.807, 2.05) is 19.2 Å². The summed E-state index contributed by atoms with van der Waals surface area (Å²) in [4.78, 5) is 0. The summed E-state index contributed by atoms with van der Waals surface area (Å²) in [6, 6.07) is 0. The van der Waals surface area contributed by atoms with Crippen LogP contribution in [-0.2, 0) is 0 Å². The zero-order valence-corrected chi connectivity index (χ0v) is 9.83. The standard InChI is InChI=1S/C13H20N2.H2/c1-4-7-11(3)8-6-9-12-10-14-15-13(12)5-2;/h5-6,8-11,15H,4,7H2,1-3H3;1H/b8-6+,12-9-,13-5+;. The molecule has 0 amide bonds. The molecule has 0 spiro atoms. The third-order valence-electron chi connectivity index (χ3n) is 2.45. The molecule has 2 heteroatoms. The molecular weight excluding hydrogens is 184 g/mol. The molecule has 1 aromatic heterocycles. The molecule has 0 aliphatic carbocycles. The Bertz CT molecular complexity index is 417. The minimum atomic E-state index is 0. The molecule has 0 aliphatic heterocycles. The minimum absolute atomic E-state index is 0. The molecule has 0 fully saturated rings. The fraction of sp³-hybridized carbons (Fsp3) is 0.462. The summed E-state index contributed by atoms with van der Waals surface area (Å²) in [5, 5.41) is 9.19. The Labute approximate surface area is 92.9 Å². The van der Waals surface area contributed by atoms with Gasteiger partial charge in [0, 0.05) is 6.65 Å². The van der Waals surface area contributed by atoms with Crippen molar-refractivity contribution in [2.45, 2.75) is 33.6 Å². The van der Waals surface area contributed by atoms with Crippen LogP contribution in [0.15, 0.2) is 18.3 Å². The molecule has 0 radical (unpaired) electrons. The van der Waals surface area contributed by atoms with Crippen LogP contribution in [0, 0.1) is 5.92 Å². The van der Waals surface area contributed by atoms with Gasteiger partial charge in [0.05, 0.1) is 11.5 Å². The van der Waals surface area contributed by atoms with Crippen molar-refractivity contribution >= 4 is 12.2 Å². The van der Waals surface area contributed by atoms with E-state index in [9.17, 15) is 0 Å². The van der Waals surface area contributed by atoms with Crippen molar-refractivity contribution in [2.75, 3.05) is 0 Å². The van der Waals surface area contributed by atoms with Crippen molar-refractivity contribution in [1.29, 1.82) is 0 Å². The first kappa shape index (κ1) is 11.8. The van der Waals surface area contributed by atoms with E-state index in [-0.39, 0.29) is 1.43 Å². The number of rotatable bonds is 4. The van der Waals surface area contributed by atoms with Crippen LogP contribution in [0.1, 0.15) is 35.0 Å². The maximum Gasteiger partial charge on any atom is 0.0607 e. The molecule has 0 aliphatic rings. The van der Waals surface area contributed by atoms with E-state index in [2.05, 4.69) is 42.3 Å². The third kappa shape index (κ3) is 3.74. The molecule has 0 bridgehead atoms. The average Bonchev–Trinajstić information content (AvgIpc) is 2.66. The van der Waals surface area contributed by atoms with Crippen LogP contribution in [0.25, 0.3) is 12.2 Å². The lowest BCUT2D eigenvalue weighted by Crippen LogP contribution is -2.20. The minimum Gasteiger partial charge on any atom is -0.278 e. The van der Waals surface area contributed by atoms with Gasteiger partial charge in [-0.1, -0.05) is 44.6 Å². The van der Waals surface area contributed by atoms with Gasteiger partial charge in [0.1, 0.15) is 0 Å². The number of hydrogen-bond donors (Lipinski definition) is 1. The molecule has 0 saturated heterocycles. The van der Waals surface area contributed by atoms with Gasteiger partial charge >= 0.3 is 0 Å². The van der Waals surface area contributed by atoms with Gasteiger partial charge in [0.15, 0.2) is 0 Å². The largest absolute Gasteiger partial charge is 0.278 e. The van der Waals surface area contributed by atoms with Crippen LogP contribution in [-0.4, -0.2) is 10.2 Å². The highest BCUT2D eigenvalue weighted by molar-refractivity contribution is 5.37. The lowest BCUT2D eigenvalue weighted by atomic mass is 10.1. The van der Waals surface area contributed by atoms with E-state index in [4.69, 9.17) is 0 Å². The molecule has 0 aromatic carbocycles. The number of H-pyrrole nitrogens is 1. The van der Waals surface area contributed by atoms with Crippen LogP contribution >= 0.6 is 0 Å². The molecule has 1 aromatic rings. The Balaban J connectivity index is 0.00000225. The van der Waals surface area contributed by atoms with Crippen LogP contribution in [0.2, 0.25) is 0 Å². The quantitative estimate of drug-likeness (QED) is 0.804. The van der Waals surface area contributed by atoms with Gasteiger partial charge in [0.25, 0.3) is 0 Å². The highest BCUT2D eigenvalue weighted by Crippen LogP contribution is 2.05. The zero-order chi connectivity index (χ0) is 11.1. The van der Waals surface area contributed by atoms with Gasteiger partial charge in [-0.05, 0) is 19.3 Å². The van der Waals surface area contributed by atoms with Crippen molar-refractivity contribution in [3.8, 4) is 0 Å². The average molecular weight is 206 g/mol. The van der Waals surface area contributed by atoms with Crippen LogP contribution in [0.4, 0.5) is 0 Å². The van der Waals surface area contributed by atoms with Gasteiger partial charge in [0.2, 0.25) is 0 Å². The highest BCUT2D eigenvalue weighted by Gasteiger charge is 1.91. The van der Waals surface area contributed by atoms with E-state index in [1.54, 1.807) is 0 Å².